The van der Waals surface area contributed by atoms with E-state index in [4.69, 9.17) is 24.8 Å². The van der Waals surface area contributed by atoms with Gasteiger partial charge >= 0.3 is 5.97 Å². The Hall–Kier alpha value is -3.22. The van der Waals surface area contributed by atoms with Gasteiger partial charge in [-0.3, -0.25) is 0 Å². The van der Waals surface area contributed by atoms with Gasteiger partial charge in [0, 0.05) is 5.56 Å². The van der Waals surface area contributed by atoms with Crippen LogP contribution in [0.5, 0.6) is 17.2 Å². The van der Waals surface area contributed by atoms with Gasteiger partial charge in [-0.25, -0.2) is 4.79 Å². The minimum absolute atomic E-state index is 0.106. The van der Waals surface area contributed by atoms with Gasteiger partial charge in [-0.1, -0.05) is 35.0 Å². The normalized spacial score (nSPS) is 11.1. The van der Waals surface area contributed by atoms with Crippen molar-refractivity contribution in [2.45, 2.75) is 27.7 Å². The third kappa shape index (κ3) is 5.39. The van der Waals surface area contributed by atoms with Crippen LogP contribution >= 0.6 is 0 Å². The fourth-order valence-corrected chi connectivity index (χ4v) is 2.43. The molecule has 0 bridgehead atoms. The zero-order valence-corrected chi connectivity index (χ0v) is 16.7. The number of carbonyl (C=O) groups is 1. The molecular formula is C21H26N2O5. The van der Waals surface area contributed by atoms with Crippen LogP contribution in [0.15, 0.2) is 41.6 Å². The molecule has 0 unspecified atom stereocenters. The molecule has 2 N–H and O–H groups in total. The molecule has 0 saturated carbocycles. The second kappa shape index (κ2) is 10.2. The number of amidine groups is 1. The fraction of sp³-hybridized carbons (Fsp3) is 0.333. The van der Waals surface area contributed by atoms with Gasteiger partial charge in [0.1, 0.15) is 0 Å². The molecule has 0 atom stereocenters. The van der Waals surface area contributed by atoms with Crippen LogP contribution in [0.4, 0.5) is 0 Å². The Morgan fingerprint density at radius 2 is 1.43 bits per heavy atom. The molecule has 7 nitrogen and oxygen atoms in total. The van der Waals surface area contributed by atoms with E-state index >= 15 is 0 Å². The molecule has 0 aliphatic carbocycles. The maximum Gasteiger partial charge on any atom is 0.366 e. The molecule has 0 spiro atoms. The lowest BCUT2D eigenvalue weighted by Crippen LogP contribution is -2.15. The minimum Gasteiger partial charge on any atom is -0.490 e. The highest BCUT2D eigenvalue weighted by atomic mass is 16.7. The van der Waals surface area contributed by atoms with Crippen molar-refractivity contribution in [2.75, 3.05) is 19.8 Å². The molecule has 0 amide bonds. The van der Waals surface area contributed by atoms with Crippen LogP contribution in [-0.4, -0.2) is 31.6 Å². The quantitative estimate of drug-likeness (QED) is 0.306. The Balaban J connectivity index is 2.28. The van der Waals surface area contributed by atoms with Crippen molar-refractivity contribution in [3.63, 3.8) is 0 Å². The average Bonchev–Trinajstić information content (AvgIpc) is 2.69. The van der Waals surface area contributed by atoms with E-state index in [9.17, 15) is 4.79 Å². The predicted octanol–water partition coefficient (Wildman–Crippen LogP) is 3.67. The van der Waals surface area contributed by atoms with Crippen molar-refractivity contribution in [1.82, 2.24) is 0 Å². The molecule has 0 heterocycles. The van der Waals surface area contributed by atoms with E-state index < -0.39 is 5.97 Å². The van der Waals surface area contributed by atoms with Gasteiger partial charge in [-0.2, -0.15) is 0 Å². The molecule has 0 aliphatic heterocycles. The number of ether oxygens (including phenoxy) is 3. The predicted molar refractivity (Wildman–Crippen MR) is 107 cm³/mol. The Bertz CT molecular complexity index is 804. The summed E-state index contributed by atoms with van der Waals surface area (Å²) in [4.78, 5) is 17.5. The largest absolute Gasteiger partial charge is 0.490 e. The summed E-state index contributed by atoms with van der Waals surface area (Å²) < 4.78 is 16.8. The monoisotopic (exact) mass is 386 g/mol. The minimum atomic E-state index is -0.681. The van der Waals surface area contributed by atoms with Gasteiger partial charge in [0.15, 0.2) is 17.3 Å². The number of oxime groups is 1. The Kier molecular flexibility index (Phi) is 7.68. The van der Waals surface area contributed by atoms with E-state index in [1.165, 1.54) is 12.1 Å². The smallest absolute Gasteiger partial charge is 0.366 e. The van der Waals surface area contributed by atoms with Crippen molar-refractivity contribution >= 4 is 11.8 Å². The number of nitrogens with zero attached hydrogens (tertiary/aromatic N) is 1. The summed E-state index contributed by atoms with van der Waals surface area (Å²) >= 11 is 0. The molecule has 2 aromatic carbocycles. The zero-order chi connectivity index (χ0) is 20.5. The molecule has 2 rings (SSSR count). The lowest BCUT2D eigenvalue weighted by Gasteiger charge is -2.16. The summed E-state index contributed by atoms with van der Waals surface area (Å²) in [6.07, 6.45) is 0. The highest BCUT2D eigenvalue weighted by Crippen LogP contribution is 2.39. The summed E-state index contributed by atoms with van der Waals surface area (Å²) in [5.74, 6) is 0.676. The van der Waals surface area contributed by atoms with Crippen molar-refractivity contribution in [3.05, 3.63) is 53.1 Å². The van der Waals surface area contributed by atoms with E-state index in [1.54, 1.807) is 12.1 Å². The topological polar surface area (TPSA) is 92.4 Å². The maximum atomic E-state index is 12.5. The summed E-state index contributed by atoms with van der Waals surface area (Å²) in [7, 11) is 0. The zero-order valence-electron chi connectivity index (χ0n) is 16.7. The first-order valence-electron chi connectivity index (χ1n) is 9.18. The SMILES string of the molecule is CCOc1cc(C(=O)O/N=C(\N)c2ccc(C)cc2)cc(OCC)c1OCC. The van der Waals surface area contributed by atoms with Gasteiger partial charge in [0.05, 0.1) is 25.4 Å². The Morgan fingerprint density at radius 3 is 1.93 bits per heavy atom. The van der Waals surface area contributed by atoms with Crippen LogP contribution < -0.4 is 19.9 Å². The number of benzene rings is 2. The van der Waals surface area contributed by atoms with Gasteiger partial charge in [0.2, 0.25) is 5.75 Å². The molecule has 0 radical (unpaired) electrons. The van der Waals surface area contributed by atoms with Crippen LogP contribution in [0.3, 0.4) is 0 Å². The molecule has 7 heteroatoms. The standard InChI is InChI=1S/C21H26N2O5/c1-5-25-17-12-16(13-18(26-6-2)19(17)27-7-3)21(24)28-23-20(22)15-10-8-14(4)9-11-15/h8-13H,5-7H2,1-4H3,(H2,22,23). The molecule has 0 saturated heterocycles. The van der Waals surface area contributed by atoms with E-state index in [0.29, 0.717) is 42.6 Å². The van der Waals surface area contributed by atoms with Crippen molar-refractivity contribution in [3.8, 4) is 17.2 Å². The van der Waals surface area contributed by atoms with Crippen molar-refractivity contribution < 1.29 is 23.8 Å². The number of rotatable bonds is 9. The number of aryl methyl sites for hydroxylation is 1. The molecule has 0 aliphatic rings. The summed E-state index contributed by atoms with van der Waals surface area (Å²) in [5.41, 5.74) is 7.87. The van der Waals surface area contributed by atoms with E-state index in [-0.39, 0.29) is 11.4 Å². The van der Waals surface area contributed by atoms with Crippen molar-refractivity contribution in [2.24, 2.45) is 10.9 Å². The molecule has 2 aromatic rings. The fourth-order valence-electron chi connectivity index (χ4n) is 2.43. The molecular weight excluding hydrogens is 360 g/mol. The van der Waals surface area contributed by atoms with Gasteiger partial charge in [0.25, 0.3) is 0 Å². The second-order valence-corrected chi connectivity index (χ2v) is 5.82. The number of nitrogens with two attached hydrogens (primary N) is 1. The number of hydrogen-bond donors (Lipinski definition) is 1. The molecule has 0 aromatic heterocycles. The lowest BCUT2D eigenvalue weighted by molar-refractivity contribution is 0.0515. The van der Waals surface area contributed by atoms with Crippen LogP contribution in [0.25, 0.3) is 0 Å². The van der Waals surface area contributed by atoms with Gasteiger partial charge < -0.3 is 24.8 Å². The van der Waals surface area contributed by atoms with Crippen LogP contribution in [0.2, 0.25) is 0 Å². The lowest BCUT2D eigenvalue weighted by atomic mass is 10.1. The highest BCUT2D eigenvalue weighted by Gasteiger charge is 2.19. The summed E-state index contributed by atoms with van der Waals surface area (Å²) in [6.45, 7) is 8.75. The average molecular weight is 386 g/mol. The summed E-state index contributed by atoms with van der Waals surface area (Å²) in [5, 5.41) is 3.74. The maximum absolute atomic E-state index is 12.5. The third-order valence-corrected chi connectivity index (χ3v) is 3.72. The first-order valence-corrected chi connectivity index (χ1v) is 9.18. The number of hydrogen-bond acceptors (Lipinski definition) is 6. The van der Waals surface area contributed by atoms with E-state index in [1.807, 2.05) is 39.8 Å². The van der Waals surface area contributed by atoms with Crippen molar-refractivity contribution in [1.29, 1.82) is 0 Å². The molecule has 0 fully saturated rings. The first kappa shape index (κ1) is 21.1. The third-order valence-electron chi connectivity index (χ3n) is 3.72. The van der Waals surface area contributed by atoms with Crippen LogP contribution in [0, 0.1) is 6.92 Å². The Morgan fingerprint density at radius 1 is 0.893 bits per heavy atom. The first-order chi connectivity index (χ1) is 13.5. The summed E-state index contributed by atoms with van der Waals surface area (Å²) in [6, 6.07) is 10.5. The van der Waals surface area contributed by atoms with E-state index in [0.717, 1.165) is 5.56 Å². The number of carbonyl (C=O) groups excluding carboxylic acids is 1. The van der Waals surface area contributed by atoms with Crippen LogP contribution in [0.1, 0.15) is 42.3 Å². The van der Waals surface area contributed by atoms with E-state index in [2.05, 4.69) is 5.16 Å². The Labute approximate surface area is 165 Å². The highest BCUT2D eigenvalue weighted by molar-refractivity contribution is 5.98. The molecule has 28 heavy (non-hydrogen) atoms. The van der Waals surface area contributed by atoms with Gasteiger partial charge in [-0.15, -0.1) is 0 Å². The van der Waals surface area contributed by atoms with Gasteiger partial charge in [-0.05, 0) is 39.8 Å². The second-order valence-electron chi connectivity index (χ2n) is 5.82. The van der Waals surface area contributed by atoms with Crippen LogP contribution in [-0.2, 0) is 4.84 Å². The molecule has 150 valence electrons.